The minimum absolute atomic E-state index is 0.156. The topological polar surface area (TPSA) is 90.3 Å². The molecule has 0 radical (unpaired) electrons. The van der Waals surface area contributed by atoms with Gasteiger partial charge in [0.25, 0.3) is 0 Å². The van der Waals surface area contributed by atoms with E-state index < -0.39 is 0 Å². The van der Waals surface area contributed by atoms with Crippen molar-refractivity contribution in [2.75, 3.05) is 30.7 Å². The zero-order valence-corrected chi connectivity index (χ0v) is 16.6. The van der Waals surface area contributed by atoms with Crippen LogP contribution in [-0.4, -0.2) is 46.5 Å². The molecule has 1 aliphatic heterocycles. The van der Waals surface area contributed by atoms with Crippen LogP contribution in [0.5, 0.6) is 0 Å². The highest BCUT2D eigenvalue weighted by atomic mass is 16.3. The van der Waals surface area contributed by atoms with Gasteiger partial charge in [-0.05, 0) is 66.7 Å². The zero-order valence-electron chi connectivity index (χ0n) is 16.6. The average Bonchev–Trinajstić information content (AvgIpc) is 3.12. The number of nitrogens with two attached hydrogens (primary N) is 1. The van der Waals surface area contributed by atoms with Gasteiger partial charge in [0.2, 0.25) is 0 Å². The van der Waals surface area contributed by atoms with Crippen molar-refractivity contribution in [3.63, 3.8) is 0 Å². The molecule has 1 aliphatic rings. The van der Waals surface area contributed by atoms with Gasteiger partial charge in [0.15, 0.2) is 0 Å². The predicted molar refractivity (Wildman–Crippen MR) is 120 cm³/mol. The Balaban J connectivity index is 1.41. The Morgan fingerprint density at radius 3 is 2.93 bits per heavy atom. The number of nitrogens with zero attached hydrogens (tertiary/aromatic N) is 2. The molecule has 1 atom stereocenters. The number of benzene rings is 2. The summed E-state index contributed by atoms with van der Waals surface area (Å²) in [5, 5.41) is 21.5. The van der Waals surface area contributed by atoms with Gasteiger partial charge in [-0.3, -0.25) is 4.90 Å². The van der Waals surface area contributed by atoms with Gasteiger partial charge in [0.1, 0.15) is 0 Å². The van der Waals surface area contributed by atoms with E-state index in [0.29, 0.717) is 18.3 Å². The van der Waals surface area contributed by atoms with Gasteiger partial charge < -0.3 is 26.1 Å². The van der Waals surface area contributed by atoms with Gasteiger partial charge in [-0.2, -0.15) is 0 Å². The van der Waals surface area contributed by atoms with Crippen LogP contribution in [0.15, 0.2) is 48.7 Å². The second kappa shape index (κ2) is 8.68. The smallest absolute Gasteiger partial charge is 0.0610 e. The van der Waals surface area contributed by atoms with Crippen LogP contribution in [0.2, 0.25) is 0 Å². The molecular formula is C23H29N5O. The molecule has 6 nitrogen and oxygen atoms in total. The van der Waals surface area contributed by atoms with Crippen LogP contribution in [0, 0.1) is 5.41 Å². The Morgan fingerprint density at radius 2 is 2.10 bits per heavy atom. The molecule has 1 aromatic heterocycles. The van der Waals surface area contributed by atoms with Crippen LogP contribution in [0.1, 0.15) is 24.0 Å². The molecular weight excluding hydrogens is 362 g/mol. The van der Waals surface area contributed by atoms with E-state index in [1.54, 1.807) is 0 Å². The van der Waals surface area contributed by atoms with Gasteiger partial charge in [-0.15, -0.1) is 0 Å². The first-order valence-corrected chi connectivity index (χ1v) is 10.2. The molecule has 0 spiro atoms. The van der Waals surface area contributed by atoms with E-state index in [4.69, 9.17) is 11.1 Å². The number of hydrogen-bond donors (Lipinski definition) is 4. The third-order valence-corrected chi connectivity index (χ3v) is 5.70. The molecule has 2 heterocycles. The average molecular weight is 392 g/mol. The fourth-order valence-electron chi connectivity index (χ4n) is 4.25. The van der Waals surface area contributed by atoms with Gasteiger partial charge in [-0.25, -0.2) is 0 Å². The second-order valence-electron chi connectivity index (χ2n) is 7.83. The summed E-state index contributed by atoms with van der Waals surface area (Å²) < 4.78 is 2.09. The highest BCUT2D eigenvalue weighted by molar-refractivity contribution is 5.86. The Morgan fingerprint density at radius 1 is 1.21 bits per heavy atom. The SMILES string of the molecule is N=Cc1cc(N[C@H]2CCCN(Cc3ccc4c(ccn4CCO)c3)C2)ccc1N. The van der Waals surface area contributed by atoms with E-state index in [2.05, 4.69) is 39.0 Å². The highest BCUT2D eigenvalue weighted by Gasteiger charge is 2.20. The second-order valence-corrected chi connectivity index (χ2v) is 7.83. The summed E-state index contributed by atoms with van der Waals surface area (Å²) in [7, 11) is 0. The number of hydrogen-bond acceptors (Lipinski definition) is 5. The monoisotopic (exact) mass is 391 g/mol. The largest absolute Gasteiger partial charge is 0.398 e. The Bertz CT molecular complexity index is 996. The lowest BCUT2D eigenvalue weighted by Gasteiger charge is -2.33. The number of aliphatic hydroxyl groups excluding tert-OH is 1. The summed E-state index contributed by atoms with van der Waals surface area (Å²) in [4.78, 5) is 2.50. The van der Waals surface area contributed by atoms with Crippen LogP contribution < -0.4 is 11.1 Å². The third-order valence-electron chi connectivity index (χ3n) is 5.70. The number of aliphatic hydroxyl groups is 1. The van der Waals surface area contributed by atoms with E-state index in [1.165, 1.54) is 29.1 Å². The standard InChI is InChI=1S/C23H29N5O/c24-14-19-13-20(4-5-22(19)25)26-21-2-1-8-27(16-21)15-17-3-6-23-18(12-17)7-9-28(23)10-11-29/h3-7,9,12-14,21,24,26,29H,1-2,8,10-11,15-16,25H2/t21-/m0/s1. The first-order valence-electron chi connectivity index (χ1n) is 10.2. The predicted octanol–water partition coefficient (Wildman–Crippen LogP) is 3.29. The van der Waals surface area contributed by atoms with E-state index in [0.717, 1.165) is 37.3 Å². The lowest BCUT2D eigenvalue weighted by molar-refractivity contribution is 0.208. The summed E-state index contributed by atoms with van der Waals surface area (Å²) >= 11 is 0. The van der Waals surface area contributed by atoms with E-state index >= 15 is 0 Å². The molecule has 0 amide bonds. The zero-order chi connectivity index (χ0) is 20.2. The molecule has 0 bridgehead atoms. The first kappa shape index (κ1) is 19.5. The molecule has 4 rings (SSSR count). The Hall–Kier alpha value is -2.83. The van der Waals surface area contributed by atoms with Crippen LogP contribution in [0.3, 0.4) is 0 Å². The molecule has 0 unspecified atom stereocenters. The van der Waals surface area contributed by atoms with Crippen molar-refractivity contribution >= 4 is 28.5 Å². The number of fused-ring (bicyclic) bond motifs is 1. The summed E-state index contributed by atoms with van der Waals surface area (Å²) in [6, 6.07) is 14.9. The maximum atomic E-state index is 9.19. The summed E-state index contributed by atoms with van der Waals surface area (Å²) in [6.45, 7) is 3.83. The van der Waals surface area contributed by atoms with Gasteiger partial charge in [-0.1, -0.05) is 6.07 Å². The fourth-order valence-corrected chi connectivity index (χ4v) is 4.25. The molecule has 1 saturated heterocycles. The number of piperidine rings is 1. The number of nitrogen functional groups attached to an aromatic ring is 1. The number of aromatic nitrogens is 1. The molecule has 3 aromatic rings. The molecule has 1 fully saturated rings. The Kier molecular flexibility index (Phi) is 5.83. The van der Waals surface area contributed by atoms with Crippen molar-refractivity contribution < 1.29 is 5.11 Å². The normalized spacial score (nSPS) is 17.5. The van der Waals surface area contributed by atoms with Crippen molar-refractivity contribution in [1.82, 2.24) is 9.47 Å². The quantitative estimate of drug-likeness (QED) is 0.367. The maximum Gasteiger partial charge on any atom is 0.0610 e. The molecule has 2 aromatic carbocycles. The van der Waals surface area contributed by atoms with Crippen molar-refractivity contribution in [2.24, 2.45) is 0 Å². The van der Waals surface area contributed by atoms with E-state index in [-0.39, 0.29) is 6.61 Å². The fraction of sp³-hybridized carbons (Fsp3) is 0.348. The Labute approximate surface area is 171 Å². The van der Waals surface area contributed by atoms with Crippen molar-refractivity contribution in [3.05, 3.63) is 59.8 Å². The molecule has 152 valence electrons. The molecule has 6 heteroatoms. The third kappa shape index (κ3) is 4.44. The highest BCUT2D eigenvalue weighted by Crippen LogP contribution is 2.23. The van der Waals surface area contributed by atoms with E-state index in [1.807, 2.05) is 24.4 Å². The molecule has 0 aliphatic carbocycles. The summed E-state index contributed by atoms with van der Waals surface area (Å²) in [6.07, 6.45) is 5.65. The van der Waals surface area contributed by atoms with Gasteiger partial charge in [0.05, 0.1) is 6.61 Å². The number of nitrogens with one attached hydrogen (secondary N) is 2. The van der Waals surface area contributed by atoms with Crippen molar-refractivity contribution in [3.8, 4) is 0 Å². The van der Waals surface area contributed by atoms with Crippen LogP contribution in [-0.2, 0) is 13.1 Å². The summed E-state index contributed by atoms with van der Waals surface area (Å²) in [5.41, 5.74) is 10.8. The summed E-state index contributed by atoms with van der Waals surface area (Å²) in [5.74, 6) is 0. The number of anilines is 2. The minimum atomic E-state index is 0.156. The van der Waals surface area contributed by atoms with Crippen LogP contribution in [0.25, 0.3) is 10.9 Å². The first-order chi connectivity index (χ1) is 14.2. The van der Waals surface area contributed by atoms with Gasteiger partial charge in [0, 0.05) is 60.5 Å². The number of rotatable bonds is 7. The van der Waals surface area contributed by atoms with E-state index in [9.17, 15) is 5.11 Å². The van der Waals surface area contributed by atoms with Crippen molar-refractivity contribution in [1.29, 1.82) is 5.41 Å². The molecule has 29 heavy (non-hydrogen) atoms. The van der Waals surface area contributed by atoms with Crippen molar-refractivity contribution in [2.45, 2.75) is 32.0 Å². The minimum Gasteiger partial charge on any atom is -0.398 e. The van der Waals surface area contributed by atoms with Crippen LogP contribution >= 0.6 is 0 Å². The van der Waals surface area contributed by atoms with Crippen LogP contribution in [0.4, 0.5) is 11.4 Å². The van der Waals surface area contributed by atoms with Gasteiger partial charge >= 0.3 is 0 Å². The lowest BCUT2D eigenvalue weighted by atomic mass is 10.0. The lowest BCUT2D eigenvalue weighted by Crippen LogP contribution is -2.41. The maximum absolute atomic E-state index is 9.19. The molecule has 0 saturated carbocycles. The number of likely N-dealkylation sites (tertiary alicyclic amines) is 1. The molecule has 5 N–H and O–H groups in total.